The Hall–Kier alpha value is -3.06. The maximum Gasteiger partial charge on any atom is 0.162 e. The van der Waals surface area contributed by atoms with Crippen molar-refractivity contribution in [1.82, 2.24) is 4.98 Å². The molecule has 0 amide bonds. The number of benzene rings is 1. The first-order valence-electron chi connectivity index (χ1n) is 6.80. The highest BCUT2D eigenvalue weighted by Gasteiger charge is 2.14. The van der Waals surface area contributed by atoms with Crippen LogP contribution in [0.1, 0.15) is 30.7 Å². The number of ketones is 1. The molecule has 2 aromatic rings. The van der Waals surface area contributed by atoms with Gasteiger partial charge in [0.1, 0.15) is 11.5 Å². The van der Waals surface area contributed by atoms with Gasteiger partial charge in [-0.3, -0.25) is 4.79 Å². The predicted octanol–water partition coefficient (Wildman–Crippen LogP) is 2.34. The Labute approximate surface area is 129 Å². The van der Waals surface area contributed by atoms with Crippen LogP contribution < -0.4 is 11.5 Å². The summed E-state index contributed by atoms with van der Waals surface area (Å²) >= 11 is 0. The smallest absolute Gasteiger partial charge is 0.162 e. The molecule has 1 aromatic heterocycles. The zero-order valence-corrected chi connectivity index (χ0v) is 12.6. The van der Waals surface area contributed by atoms with Crippen molar-refractivity contribution in [2.24, 2.45) is 5.73 Å². The number of aromatic nitrogens is 1. The number of nitrogen functional groups attached to an aromatic ring is 1. The first-order chi connectivity index (χ1) is 10.5. The molecule has 0 atom stereocenters. The van der Waals surface area contributed by atoms with E-state index in [1.165, 1.54) is 6.92 Å². The van der Waals surface area contributed by atoms with Crippen LogP contribution in [0.4, 0.5) is 5.82 Å². The molecule has 4 N–H and O–H groups in total. The largest absolute Gasteiger partial charge is 0.402 e. The number of nitrogens with two attached hydrogens (primary N) is 2. The molecule has 0 saturated carbocycles. The lowest BCUT2D eigenvalue weighted by atomic mass is 9.99. The molecule has 4 nitrogen and oxygen atoms in total. The molecule has 22 heavy (non-hydrogen) atoms. The number of Topliss-reactive ketones (excluding diaryl/α,β-unsaturated/α-hetero) is 1. The second kappa shape index (κ2) is 6.59. The van der Waals surface area contributed by atoms with Gasteiger partial charge in [0.2, 0.25) is 0 Å². The minimum Gasteiger partial charge on any atom is -0.402 e. The molecular weight excluding hydrogens is 274 g/mol. The van der Waals surface area contributed by atoms with Gasteiger partial charge in [-0.25, -0.2) is 4.98 Å². The Bertz CT molecular complexity index is 792. The molecule has 0 aliphatic heterocycles. The number of carbonyl (C=O) groups is 1. The molecule has 2 rings (SSSR count). The standard InChI is InChI=1S/C18H17N3O/c1-12(19)18(13(2)22)15-9-11-17(20)21-16(15)10-8-14-6-4-3-5-7-14/h3-7,9,11H,19H2,1-2H3,(H2,20,21). The fourth-order valence-electron chi connectivity index (χ4n) is 2.10. The number of rotatable bonds is 2. The lowest BCUT2D eigenvalue weighted by molar-refractivity contribution is -0.111. The molecule has 4 heteroatoms. The van der Waals surface area contributed by atoms with Crippen molar-refractivity contribution in [2.45, 2.75) is 13.8 Å². The number of pyridine rings is 1. The Morgan fingerprint density at radius 2 is 1.73 bits per heavy atom. The number of hydrogen-bond acceptors (Lipinski definition) is 4. The van der Waals surface area contributed by atoms with Crippen molar-refractivity contribution in [3.05, 3.63) is 65.0 Å². The van der Waals surface area contributed by atoms with Crippen LogP contribution in [-0.2, 0) is 4.79 Å². The molecule has 0 radical (unpaired) electrons. The number of hydrogen-bond donors (Lipinski definition) is 2. The molecule has 0 aliphatic carbocycles. The van der Waals surface area contributed by atoms with Crippen molar-refractivity contribution in [1.29, 1.82) is 0 Å². The first kappa shape index (κ1) is 15.3. The van der Waals surface area contributed by atoms with Gasteiger partial charge in [-0.05, 0) is 44.0 Å². The van der Waals surface area contributed by atoms with E-state index in [9.17, 15) is 4.79 Å². The first-order valence-corrected chi connectivity index (χ1v) is 6.80. The number of nitrogens with zero attached hydrogens (tertiary/aromatic N) is 1. The monoisotopic (exact) mass is 291 g/mol. The van der Waals surface area contributed by atoms with Gasteiger partial charge in [0.15, 0.2) is 5.78 Å². The maximum absolute atomic E-state index is 11.9. The molecular formula is C18H17N3O. The Morgan fingerprint density at radius 3 is 2.32 bits per heavy atom. The minimum absolute atomic E-state index is 0.130. The van der Waals surface area contributed by atoms with E-state index in [1.54, 1.807) is 19.1 Å². The van der Waals surface area contributed by atoms with Crippen LogP contribution >= 0.6 is 0 Å². The number of carbonyl (C=O) groups excluding carboxylic acids is 1. The molecule has 1 aromatic carbocycles. The van der Waals surface area contributed by atoms with Crippen LogP contribution in [0.15, 0.2) is 48.2 Å². The molecule has 1 heterocycles. The van der Waals surface area contributed by atoms with Gasteiger partial charge in [0.25, 0.3) is 0 Å². The lowest BCUT2D eigenvalue weighted by Gasteiger charge is -2.09. The molecule has 0 bridgehead atoms. The highest BCUT2D eigenvalue weighted by Crippen LogP contribution is 2.21. The maximum atomic E-state index is 11.9. The molecule has 0 fully saturated rings. The number of allylic oxidation sites excluding steroid dienone is 2. The Balaban J connectivity index is 2.57. The summed E-state index contributed by atoms with van der Waals surface area (Å²) in [6.45, 7) is 3.15. The van der Waals surface area contributed by atoms with Gasteiger partial charge in [0.05, 0.1) is 0 Å². The summed E-state index contributed by atoms with van der Waals surface area (Å²) in [5.41, 5.74) is 14.3. The Kier molecular flexibility index (Phi) is 4.60. The van der Waals surface area contributed by atoms with Crippen LogP contribution in [0, 0.1) is 11.8 Å². The second-order valence-corrected chi connectivity index (χ2v) is 4.86. The predicted molar refractivity (Wildman–Crippen MR) is 88.5 cm³/mol. The summed E-state index contributed by atoms with van der Waals surface area (Å²) in [5, 5.41) is 0. The van der Waals surface area contributed by atoms with Crippen LogP contribution in [0.2, 0.25) is 0 Å². The SMILES string of the molecule is CC(=O)C(=C(C)N)c1ccc(N)nc1C#Cc1ccccc1. The van der Waals surface area contributed by atoms with Crippen LogP contribution in [-0.4, -0.2) is 10.8 Å². The van der Waals surface area contributed by atoms with Gasteiger partial charge in [-0.15, -0.1) is 0 Å². The fourth-order valence-corrected chi connectivity index (χ4v) is 2.10. The number of anilines is 1. The van der Waals surface area contributed by atoms with E-state index in [2.05, 4.69) is 16.8 Å². The van der Waals surface area contributed by atoms with Crippen molar-refractivity contribution in [3.8, 4) is 11.8 Å². The summed E-state index contributed by atoms with van der Waals surface area (Å²) < 4.78 is 0. The van der Waals surface area contributed by atoms with E-state index in [4.69, 9.17) is 11.5 Å². The second-order valence-electron chi connectivity index (χ2n) is 4.86. The van der Waals surface area contributed by atoms with E-state index >= 15 is 0 Å². The minimum atomic E-state index is -0.130. The molecule has 0 aliphatic rings. The lowest BCUT2D eigenvalue weighted by Crippen LogP contribution is -2.08. The van der Waals surface area contributed by atoms with E-state index in [-0.39, 0.29) is 5.78 Å². The Morgan fingerprint density at radius 1 is 1.05 bits per heavy atom. The normalized spacial score (nSPS) is 11.2. The highest BCUT2D eigenvalue weighted by atomic mass is 16.1. The summed E-state index contributed by atoms with van der Waals surface area (Å²) in [6.07, 6.45) is 0. The van der Waals surface area contributed by atoms with Crippen molar-refractivity contribution in [3.63, 3.8) is 0 Å². The summed E-state index contributed by atoms with van der Waals surface area (Å²) in [4.78, 5) is 16.1. The zero-order valence-electron chi connectivity index (χ0n) is 12.6. The van der Waals surface area contributed by atoms with Crippen molar-refractivity contribution < 1.29 is 4.79 Å². The van der Waals surface area contributed by atoms with Crippen LogP contribution in [0.25, 0.3) is 5.57 Å². The molecule has 0 spiro atoms. The third-order valence-corrected chi connectivity index (χ3v) is 3.03. The zero-order chi connectivity index (χ0) is 16.1. The van der Waals surface area contributed by atoms with Crippen LogP contribution in [0.5, 0.6) is 0 Å². The van der Waals surface area contributed by atoms with E-state index in [0.29, 0.717) is 28.3 Å². The highest BCUT2D eigenvalue weighted by molar-refractivity contribution is 6.20. The summed E-state index contributed by atoms with van der Waals surface area (Å²) in [6, 6.07) is 12.9. The fraction of sp³-hybridized carbons (Fsp3) is 0.111. The van der Waals surface area contributed by atoms with E-state index < -0.39 is 0 Å². The summed E-state index contributed by atoms with van der Waals surface area (Å²) in [5.74, 6) is 6.21. The molecule has 0 unspecified atom stereocenters. The van der Waals surface area contributed by atoms with Gasteiger partial charge in [-0.1, -0.05) is 24.1 Å². The van der Waals surface area contributed by atoms with Gasteiger partial charge in [-0.2, -0.15) is 0 Å². The molecule has 110 valence electrons. The third-order valence-electron chi connectivity index (χ3n) is 3.03. The van der Waals surface area contributed by atoms with E-state index in [0.717, 1.165) is 5.56 Å². The van der Waals surface area contributed by atoms with Gasteiger partial charge in [0, 0.05) is 22.4 Å². The third kappa shape index (κ3) is 3.53. The van der Waals surface area contributed by atoms with Crippen LogP contribution in [0.3, 0.4) is 0 Å². The van der Waals surface area contributed by atoms with E-state index in [1.807, 2.05) is 30.3 Å². The quantitative estimate of drug-likeness (QED) is 0.657. The summed E-state index contributed by atoms with van der Waals surface area (Å²) in [7, 11) is 0. The average molecular weight is 291 g/mol. The van der Waals surface area contributed by atoms with Gasteiger partial charge >= 0.3 is 0 Å². The average Bonchev–Trinajstić information content (AvgIpc) is 2.47. The van der Waals surface area contributed by atoms with Crippen molar-refractivity contribution >= 4 is 17.2 Å². The topological polar surface area (TPSA) is 82.0 Å². The van der Waals surface area contributed by atoms with Gasteiger partial charge < -0.3 is 11.5 Å². The van der Waals surface area contributed by atoms with Crippen molar-refractivity contribution in [2.75, 3.05) is 5.73 Å². The molecule has 0 saturated heterocycles.